The minimum atomic E-state index is -0.550. The topological polar surface area (TPSA) is 91.3 Å². The van der Waals surface area contributed by atoms with Crippen LogP contribution < -0.4 is 5.73 Å². The number of hydrogen-bond donors (Lipinski definition) is 1. The van der Waals surface area contributed by atoms with Crippen LogP contribution in [0.5, 0.6) is 0 Å². The summed E-state index contributed by atoms with van der Waals surface area (Å²) in [7, 11) is 1.54. The lowest BCUT2D eigenvalue weighted by atomic mass is 10.2. The van der Waals surface area contributed by atoms with E-state index in [9.17, 15) is 10.1 Å². The number of methoxy groups -OCH3 is 1. The summed E-state index contributed by atoms with van der Waals surface area (Å²) in [5, 5.41) is 10.6. The van der Waals surface area contributed by atoms with Crippen molar-refractivity contribution in [2.75, 3.05) is 19.5 Å². The molecule has 2 N–H and O–H groups in total. The van der Waals surface area contributed by atoms with Crippen LogP contribution in [0.25, 0.3) is 6.08 Å². The normalized spacial score (nSPS) is 10.7. The van der Waals surface area contributed by atoms with Crippen molar-refractivity contribution in [1.29, 1.82) is 0 Å². The van der Waals surface area contributed by atoms with Gasteiger partial charge in [0.25, 0.3) is 0 Å². The Balaban J connectivity index is 3.02. The van der Waals surface area contributed by atoms with Crippen molar-refractivity contribution in [3.63, 3.8) is 0 Å². The number of pyridine rings is 1. The third-order valence-corrected chi connectivity index (χ3v) is 1.65. The van der Waals surface area contributed by atoms with Crippen LogP contribution in [0.4, 0.5) is 11.5 Å². The van der Waals surface area contributed by atoms with Crippen molar-refractivity contribution in [1.82, 2.24) is 4.98 Å². The molecule has 1 aromatic rings. The van der Waals surface area contributed by atoms with Crippen molar-refractivity contribution >= 4 is 17.6 Å². The number of nitrogens with zero attached hydrogens (tertiary/aromatic N) is 2. The van der Waals surface area contributed by atoms with Gasteiger partial charge in [-0.2, -0.15) is 0 Å². The highest BCUT2D eigenvalue weighted by molar-refractivity contribution is 5.62. The number of nitro groups is 1. The number of ether oxygens (including phenoxy) is 1. The lowest BCUT2D eigenvalue weighted by Gasteiger charge is -1.98. The zero-order chi connectivity index (χ0) is 11.3. The predicted molar refractivity (Wildman–Crippen MR) is 56.2 cm³/mol. The molecule has 0 spiro atoms. The molecule has 6 heteroatoms. The van der Waals surface area contributed by atoms with Gasteiger partial charge in [0.05, 0.1) is 17.9 Å². The smallest absolute Gasteiger partial charge is 0.370 e. The maximum absolute atomic E-state index is 10.6. The number of nitrogen functional groups attached to an aromatic ring is 1. The Morgan fingerprint density at radius 3 is 3.07 bits per heavy atom. The van der Waals surface area contributed by atoms with Gasteiger partial charge in [-0.3, -0.25) is 0 Å². The molecule has 0 amide bonds. The van der Waals surface area contributed by atoms with Crippen LogP contribution >= 0.6 is 0 Å². The van der Waals surface area contributed by atoms with Gasteiger partial charge in [0.2, 0.25) is 0 Å². The fourth-order valence-corrected chi connectivity index (χ4v) is 1.04. The summed E-state index contributed by atoms with van der Waals surface area (Å²) in [6.07, 6.45) is 4.47. The standard InChI is InChI=1S/C9H11N3O3/c1-15-4-2-3-7-5-8(10)6-11-9(7)12(13)14/h2-3,5-6H,4,10H2,1H3. The first kappa shape index (κ1) is 11.1. The second kappa shape index (κ2) is 5.06. The lowest BCUT2D eigenvalue weighted by Crippen LogP contribution is -1.97. The molecule has 0 aliphatic rings. The van der Waals surface area contributed by atoms with E-state index in [-0.39, 0.29) is 5.82 Å². The molecule has 0 radical (unpaired) electrons. The fourth-order valence-electron chi connectivity index (χ4n) is 1.04. The monoisotopic (exact) mass is 209 g/mol. The van der Waals surface area contributed by atoms with Gasteiger partial charge >= 0.3 is 5.82 Å². The molecule has 1 rings (SSSR count). The molecular weight excluding hydrogens is 198 g/mol. The molecule has 15 heavy (non-hydrogen) atoms. The third-order valence-electron chi connectivity index (χ3n) is 1.65. The lowest BCUT2D eigenvalue weighted by molar-refractivity contribution is -0.389. The summed E-state index contributed by atoms with van der Waals surface area (Å²) < 4.78 is 4.79. The molecule has 0 atom stereocenters. The number of hydrogen-bond acceptors (Lipinski definition) is 5. The largest absolute Gasteiger partial charge is 0.396 e. The second-order valence-corrected chi connectivity index (χ2v) is 2.80. The molecule has 1 aromatic heterocycles. The van der Waals surface area contributed by atoms with Gasteiger partial charge in [0, 0.05) is 7.11 Å². The molecule has 0 fully saturated rings. The average Bonchev–Trinajstić information content (AvgIpc) is 2.18. The molecule has 0 bridgehead atoms. The summed E-state index contributed by atoms with van der Waals surface area (Å²) in [6, 6.07) is 1.50. The van der Waals surface area contributed by atoms with Crippen molar-refractivity contribution in [3.8, 4) is 0 Å². The molecule has 0 aliphatic carbocycles. The van der Waals surface area contributed by atoms with Gasteiger partial charge in [0.15, 0.2) is 6.20 Å². The van der Waals surface area contributed by atoms with Crippen molar-refractivity contribution in [3.05, 3.63) is 34.0 Å². The molecule has 0 aromatic carbocycles. The molecule has 6 nitrogen and oxygen atoms in total. The quantitative estimate of drug-likeness (QED) is 0.594. The minimum absolute atomic E-state index is 0.212. The average molecular weight is 209 g/mol. The molecule has 0 aliphatic heterocycles. The number of aromatic nitrogens is 1. The number of anilines is 1. The molecular formula is C9H11N3O3. The Labute approximate surface area is 86.5 Å². The SMILES string of the molecule is COCC=Cc1cc(N)cnc1[N+](=O)[O-]. The molecule has 0 saturated heterocycles. The highest BCUT2D eigenvalue weighted by atomic mass is 16.6. The highest BCUT2D eigenvalue weighted by Crippen LogP contribution is 2.18. The number of rotatable bonds is 4. The van der Waals surface area contributed by atoms with E-state index >= 15 is 0 Å². The van der Waals surface area contributed by atoms with E-state index in [1.165, 1.54) is 19.4 Å². The summed E-state index contributed by atoms with van der Waals surface area (Å²) in [6.45, 7) is 0.381. The van der Waals surface area contributed by atoms with Gasteiger partial charge in [0.1, 0.15) is 0 Å². The van der Waals surface area contributed by atoms with Crippen LogP contribution in [-0.4, -0.2) is 23.6 Å². The van der Waals surface area contributed by atoms with E-state index in [1.54, 1.807) is 12.2 Å². The van der Waals surface area contributed by atoms with E-state index < -0.39 is 4.92 Å². The van der Waals surface area contributed by atoms with Crippen LogP contribution in [0, 0.1) is 10.1 Å². The first-order valence-electron chi connectivity index (χ1n) is 4.20. The summed E-state index contributed by atoms with van der Waals surface area (Å²) in [4.78, 5) is 13.7. The van der Waals surface area contributed by atoms with Crippen molar-refractivity contribution in [2.24, 2.45) is 0 Å². The Kier molecular flexibility index (Phi) is 3.75. The Morgan fingerprint density at radius 2 is 2.47 bits per heavy atom. The van der Waals surface area contributed by atoms with Gasteiger partial charge in [-0.25, -0.2) is 0 Å². The predicted octanol–water partition coefficient (Wildman–Crippen LogP) is 1.23. The summed E-state index contributed by atoms with van der Waals surface area (Å²) in [5.41, 5.74) is 6.24. The van der Waals surface area contributed by atoms with Crippen LogP contribution in [0.1, 0.15) is 5.56 Å². The summed E-state index contributed by atoms with van der Waals surface area (Å²) >= 11 is 0. The Bertz CT molecular complexity index is 390. The maximum Gasteiger partial charge on any atom is 0.370 e. The van der Waals surface area contributed by atoms with Gasteiger partial charge in [-0.05, 0) is 22.0 Å². The van der Waals surface area contributed by atoms with Crippen LogP contribution in [0.15, 0.2) is 18.3 Å². The van der Waals surface area contributed by atoms with Crippen LogP contribution in [-0.2, 0) is 4.74 Å². The van der Waals surface area contributed by atoms with Gasteiger partial charge < -0.3 is 20.6 Å². The molecule has 0 unspecified atom stereocenters. The molecule has 80 valence electrons. The van der Waals surface area contributed by atoms with Crippen molar-refractivity contribution in [2.45, 2.75) is 0 Å². The molecule has 0 saturated carbocycles. The van der Waals surface area contributed by atoms with Crippen molar-refractivity contribution < 1.29 is 9.66 Å². The van der Waals surface area contributed by atoms with Crippen LogP contribution in [0.3, 0.4) is 0 Å². The highest BCUT2D eigenvalue weighted by Gasteiger charge is 2.12. The van der Waals surface area contributed by atoms with E-state index in [2.05, 4.69) is 4.98 Å². The minimum Gasteiger partial charge on any atom is -0.396 e. The van der Waals surface area contributed by atoms with E-state index in [1.807, 2.05) is 0 Å². The second-order valence-electron chi connectivity index (χ2n) is 2.80. The Hall–Kier alpha value is -1.95. The van der Waals surface area contributed by atoms with E-state index in [0.29, 0.717) is 17.9 Å². The summed E-state index contributed by atoms with van der Waals surface area (Å²) in [5.74, 6) is -0.212. The Morgan fingerprint density at radius 1 is 1.73 bits per heavy atom. The van der Waals surface area contributed by atoms with Gasteiger partial charge in [-0.15, -0.1) is 0 Å². The van der Waals surface area contributed by atoms with Gasteiger partial charge in [-0.1, -0.05) is 6.08 Å². The molecule has 1 heterocycles. The maximum atomic E-state index is 10.6. The zero-order valence-electron chi connectivity index (χ0n) is 8.21. The van der Waals surface area contributed by atoms with E-state index in [0.717, 1.165) is 0 Å². The first-order chi connectivity index (χ1) is 7.15. The van der Waals surface area contributed by atoms with E-state index in [4.69, 9.17) is 10.5 Å². The van der Waals surface area contributed by atoms with Crippen LogP contribution in [0.2, 0.25) is 0 Å². The number of nitrogens with two attached hydrogens (primary N) is 1. The zero-order valence-corrected chi connectivity index (χ0v) is 8.21. The third kappa shape index (κ3) is 3.03. The fraction of sp³-hybridized carbons (Fsp3) is 0.222. The first-order valence-corrected chi connectivity index (χ1v) is 4.20.